The molecule has 0 unspecified atom stereocenters. The van der Waals surface area contributed by atoms with Gasteiger partial charge in [0.2, 0.25) is 5.91 Å². The quantitative estimate of drug-likeness (QED) is 0.836. The standard InChI is InChI=1S/C22H20F2N4O/c1-21(16-8-7-15(23)11-17(16)24)18(19(29)28(2)20(26)27-21)13-3-5-14(6-4-13)22(12-25)9-10-22/h3-8,11,18H,9-10H2,1-2H3,(H2,26,27)/t18-,21-/m1/s1. The topological polar surface area (TPSA) is 80.0 Å². The first-order chi connectivity index (χ1) is 13.7. The number of nitrogens with zero attached hydrogens (tertiary/aromatic N) is 2. The van der Waals surface area contributed by atoms with Crippen molar-refractivity contribution in [2.45, 2.75) is 36.6 Å². The van der Waals surface area contributed by atoms with E-state index in [-0.39, 0.29) is 17.4 Å². The third-order valence-electron chi connectivity index (χ3n) is 6.12. The van der Waals surface area contributed by atoms with Gasteiger partial charge < -0.3 is 5.32 Å². The van der Waals surface area contributed by atoms with Crippen molar-refractivity contribution in [3.05, 3.63) is 70.8 Å². The second-order valence-corrected chi connectivity index (χ2v) is 7.95. The maximum Gasteiger partial charge on any atom is 0.239 e. The van der Waals surface area contributed by atoms with E-state index in [9.17, 15) is 18.8 Å². The SMILES string of the molecule is CN1C(=N)N[C@](C)(c2ccc(F)cc2F)[C@H](c2ccc(C3(C#N)CC3)cc2)C1=O. The van der Waals surface area contributed by atoms with E-state index in [4.69, 9.17) is 5.41 Å². The summed E-state index contributed by atoms with van der Waals surface area (Å²) in [4.78, 5) is 14.3. The maximum atomic E-state index is 14.7. The Labute approximate surface area is 167 Å². The molecule has 0 spiro atoms. The number of carbonyl (C=O) groups is 1. The third kappa shape index (κ3) is 2.87. The van der Waals surface area contributed by atoms with Gasteiger partial charge >= 0.3 is 0 Å². The highest BCUT2D eigenvalue weighted by molar-refractivity contribution is 6.02. The minimum absolute atomic E-state index is 0.106. The molecule has 0 radical (unpaired) electrons. The number of halogens is 2. The predicted molar refractivity (Wildman–Crippen MR) is 103 cm³/mol. The number of guanidine groups is 1. The first-order valence-electron chi connectivity index (χ1n) is 9.33. The first-order valence-corrected chi connectivity index (χ1v) is 9.33. The molecule has 148 valence electrons. The average molecular weight is 394 g/mol. The fourth-order valence-corrected chi connectivity index (χ4v) is 4.15. The van der Waals surface area contributed by atoms with Crippen LogP contribution in [0, 0.1) is 28.4 Å². The lowest BCUT2D eigenvalue weighted by molar-refractivity contribution is -0.131. The van der Waals surface area contributed by atoms with E-state index in [0.717, 1.165) is 30.5 Å². The highest BCUT2D eigenvalue weighted by Crippen LogP contribution is 2.48. The van der Waals surface area contributed by atoms with Gasteiger partial charge in [0.15, 0.2) is 5.96 Å². The molecule has 4 rings (SSSR count). The molecular formula is C22H20F2N4O. The lowest BCUT2D eigenvalue weighted by atomic mass is 9.73. The normalized spacial score (nSPS) is 25.3. The maximum absolute atomic E-state index is 14.7. The summed E-state index contributed by atoms with van der Waals surface area (Å²) in [5.41, 5.74) is -0.0957. The zero-order valence-corrected chi connectivity index (χ0v) is 16.1. The van der Waals surface area contributed by atoms with Gasteiger partial charge in [-0.1, -0.05) is 30.3 Å². The monoisotopic (exact) mass is 394 g/mol. The average Bonchev–Trinajstić information content (AvgIpc) is 3.48. The van der Waals surface area contributed by atoms with Crippen LogP contribution in [0.4, 0.5) is 8.78 Å². The van der Waals surface area contributed by atoms with Crippen molar-refractivity contribution in [2.75, 3.05) is 7.05 Å². The Balaban J connectivity index is 1.82. The molecule has 1 aliphatic carbocycles. The van der Waals surface area contributed by atoms with Crippen molar-refractivity contribution < 1.29 is 13.6 Å². The van der Waals surface area contributed by atoms with Crippen LogP contribution in [-0.2, 0) is 15.7 Å². The summed E-state index contributed by atoms with van der Waals surface area (Å²) in [5.74, 6) is -2.86. The fourth-order valence-electron chi connectivity index (χ4n) is 4.15. The molecule has 2 aromatic carbocycles. The molecule has 2 N–H and O–H groups in total. The van der Waals surface area contributed by atoms with Crippen molar-refractivity contribution in [3.63, 3.8) is 0 Å². The van der Waals surface area contributed by atoms with Crippen LogP contribution in [-0.4, -0.2) is 23.8 Å². The van der Waals surface area contributed by atoms with Gasteiger partial charge in [0, 0.05) is 18.7 Å². The molecule has 5 nitrogen and oxygen atoms in total. The van der Waals surface area contributed by atoms with E-state index in [1.54, 1.807) is 19.1 Å². The lowest BCUT2D eigenvalue weighted by Gasteiger charge is -2.46. The second kappa shape index (κ2) is 6.38. The van der Waals surface area contributed by atoms with E-state index in [1.165, 1.54) is 18.0 Å². The number of nitrogens with one attached hydrogen (secondary N) is 2. The van der Waals surface area contributed by atoms with Gasteiger partial charge in [-0.15, -0.1) is 0 Å². The number of rotatable bonds is 3. The summed E-state index contributed by atoms with van der Waals surface area (Å²) in [6.07, 6.45) is 1.62. The number of amides is 1. The van der Waals surface area contributed by atoms with Gasteiger partial charge in [-0.25, -0.2) is 8.78 Å². The number of benzene rings is 2. The zero-order chi connectivity index (χ0) is 21.0. The largest absolute Gasteiger partial charge is 0.346 e. The molecule has 1 heterocycles. The van der Waals surface area contributed by atoms with E-state index in [2.05, 4.69) is 11.4 Å². The molecule has 2 aromatic rings. The van der Waals surface area contributed by atoms with Crippen molar-refractivity contribution in [1.29, 1.82) is 10.7 Å². The summed E-state index contributed by atoms with van der Waals surface area (Å²) in [6, 6.07) is 12.8. The molecular weight excluding hydrogens is 374 g/mol. The summed E-state index contributed by atoms with van der Waals surface area (Å²) in [7, 11) is 1.48. The highest BCUT2D eigenvalue weighted by atomic mass is 19.1. The van der Waals surface area contributed by atoms with Crippen LogP contribution in [0.2, 0.25) is 0 Å². The first kappa shape index (κ1) is 19.1. The third-order valence-corrected chi connectivity index (χ3v) is 6.12. The number of nitriles is 1. The molecule has 1 aliphatic heterocycles. The number of hydrogen-bond acceptors (Lipinski definition) is 3. The molecule has 2 fully saturated rings. The minimum Gasteiger partial charge on any atom is -0.346 e. The number of hydrogen-bond donors (Lipinski definition) is 2. The van der Waals surface area contributed by atoms with E-state index in [1.807, 2.05) is 12.1 Å². The Bertz CT molecular complexity index is 1060. The van der Waals surface area contributed by atoms with Crippen LogP contribution in [0.1, 0.15) is 42.4 Å². The molecule has 0 aromatic heterocycles. The van der Waals surface area contributed by atoms with E-state index >= 15 is 0 Å². The zero-order valence-electron chi connectivity index (χ0n) is 16.1. The summed E-state index contributed by atoms with van der Waals surface area (Å²) in [6.45, 7) is 1.64. The van der Waals surface area contributed by atoms with Gasteiger partial charge in [0.25, 0.3) is 0 Å². The van der Waals surface area contributed by atoms with Crippen molar-refractivity contribution >= 4 is 11.9 Å². The fraction of sp³-hybridized carbons (Fsp3) is 0.318. The lowest BCUT2D eigenvalue weighted by Crippen LogP contribution is -2.62. The molecule has 2 atom stereocenters. The summed E-state index contributed by atoms with van der Waals surface area (Å²) < 4.78 is 28.2. The van der Waals surface area contributed by atoms with E-state index in [0.29, 0.717) is 5.56 Å². The van der Waals surface area contributed by atoms with Gasteiger partial charge in [-0.2, -0.15) is 5.26 Å². The molecule has 1 saturated carbocycles. The Kier molecular flexibility index (Phi) is 4.19. The van der Waals surface area contributed by atoms with Crippen LogP contribution < -0.4 is 5.32 Å². The molecule has 29 heavy (non-hydrogen) atoms. The van der Waals surface area contributed by atoms with Crippen LogP contribution >= 0.6 is 0 Å². The Morgan fingerprint density at radius 3 is 2.41 bits per heavy atom. The van der Waals surface area contributed by atoms with Crippen molar-refractivity contribution in [3.8, 4) is 6.07 Å². The highest BCUT2D eigenvalue weighted by Gasteiger charge is 2.50. The number of likely N-dealkylation sites (N-methyl/N-ethyl adjacent to an activating group) is 1. The van der Waals surface area contributed by atoms with Crippen LogP contribution in [0.25, 0.3) is 0 Å². The van der Waals surface area contributed by atoms with Crippen molar-refractivity contribution in [1.82, 2.24) is 10.2 Å². The predicted octanol–water partition coefficient (Wildman–Crippen LogP) is 3.52. The Hall–Kier alpha value is -3.27. The Morgan fingerprint density at radius 1 is 1.21 bits per heavy atom. The van der Waals surface area contributed by atoms with Crippen molar-refractivity contribution in [2.24, 2.45) is 0 Å². The van der Waals surface area contributed by atoms with Gasteiger partial charge in [-0.3, -0.25) is 15.1 Å². The molecule has 1 saturated heterocycles. The Morgan fingerprint density at radius 2 is 1.86 bits per heavy atom. The molecule has 1 amide bonds. The van der Waals surface area contributed by atoms with Gasteiger partial charge in [0.1, 0.15) is 11.6 Å². The smallest absolute Gasteiger partial charge is 0.239 e. The van der Waals surface area contributed by atoms with Gasteiger partial charge in [0.05, 0.1) is 22.9 Å². The molecule has 0 bridgehead atoms. The molecule has 7 heteroatoms. The van der Waals surface area contributed by atoms with E-state index < -0.39 is 28.5 Å². The second-order valence-electron chi connectivity index (χ2n) is 7.95. The van der Waals surface area contributed by atoms with Crippen LogP contribution in [0.3, 0.4) is 0 Å². The summed E-state index contributed by atoms with van der Waals surface area (Å²) >= 11 is 0. The minimum atomic E-state index is -1.29. The number of carbonyl (C=O) groups excluding carboxylic acids is 1. The van der Waals surface area contributed by atoms with Crippen LogP contribution in [0.15, 0.2) is 42.5 Å². The summed E-state index contributed by atoms with van der Waals surface area (Å²) in [5, 5.41) is 20.4. The van der Waals surface area contributed by atoms with Gasteiger partial charge in [-0.05, 0) is 37.0 Å². The van der Waals surface area contributed by atoms with Crippen LogP contribution in [0.5, 0.6) is 0 Å². The molecule has 2 aliphatic rings.